The lowest BCUT2D eigenvalue weighted by Gasteiger charge is -2.10. The standard InChI is InChI=1S/C17H16BrN7O.C2H6/c1-10-3-4-11(16(19)23-24-20-2)7-14(10)22-17(26)13-9-21-25-6-5-12(18)8-15(13)25;1-2/h3-9H,1-2H3,(H,22,26)(H2,19,20,23);1-2H3. The van der Waals surface area contributed by atoms with Crippen LogP contribution in [-0.4, -0.2) is 28.4 Å². The van der Waals surface area contributed by atoms with Gasteiger partial charge in [0, 0.05) is 21.9 Å². The minimum absolute atomic E-state index is 0.214. The summed E-state index contributed by atoms with van der Waals surface area (Å²) >= 11 is 3.41. The summed E-state index contributed by atoms with van der Waals surface area (Å²) in [6, 6.07) is 9.10. The van der Waals surface area contributed by atoms with Crippen molar-refractivity contribution >= 4 is 38.9 Å². The number of carbonyl (C=O) groups is 1. The van der Waals surface area contributed by atoms with E-state index in [4.69, 9.17) is 5.73 Å². The fourth-order valence-electron chi connectivity index (χ4n) is 2.39. The van der Waals surface area contributed by atoms with Gasteiger partial charge >= 0.3 is 0 Å². The van der Waals surface area contributed by atoms with Crippen LogP contribution < -0.4 is 11.1 Å². The smallest absolute Gasteiger partial charge is 0.259 e. The molecule has 0 unspecified atom stereocenters. The van der Waals surface area contributed by atoms with Gasteiger partial charge in [0.1, 0.15) is 0 Å². The first-order valence-corrected chi connectivity index (χ1v) is 9.46. The number of nitrogens with two attached hydrogens (primary N) is 1. The van der Waals surface area contributed by atoms with Crippen molar-refractivity contribution in [2.45, 2.75) is 20.8 Å². The minimum Gasteiger partial charge on any atom is -0.382 e. The number of amidine groups is 1. The topological polar surface area (TPSA) is 109 Å². The second kappa shape index (κ2) is 9.75. The van der Waals surface area contributed by atoms with Crippen LogP contribution in [-0.2, 0) is 0 Å². The highest BCUT2D eigenvalue weighted by atomic mass is 79.9. The maximum Gasteiger partial charge on any atom is 0.259 e. The zero-order valence-electron chi connectivity index (χ0n) is 16.1. The van der Waals surface area contributed by atoms with Crippen molar-refractivity contribution in [2.24, 2.45) is 21.2 Å². The van der Waals surface area contributed by atoms with Crippen molar-refractivity contribution in [3.63, 3.8) is 0 Å². The number of benzene rings is 1. The van der Waals surface area contributed by atoms with Gasteiger partial charge in [-0.15, -0.1) is 5.10 Å². The van der Waals surface area contributed by atoms with Crippen LogP contribution in [0.5, 0.6) is 0 Å². The van der Waals surface area contributed by atoms with Crippen molar-refractivity contribution in [3.05, 3.63) is 63.9 Å². The molecule has 0 bridgehead atoms. The first kappa shape index (κ1) is 21.2. The number of nitrogens with zero attached hydrogens (tertiary/aromatic N) is 5. The summed E-state index contributed by atoms with van der Waals surface area (Å²) in [6.45, 7) is 5.89. The van der Waals surface area contributed by atoms with Crippen LogP contribution in [0.4, 0.5) is 5.69 Å². The highest BCUT2D eigenvalue weighted by Gasteiger charge is 2.15. The fraction of sp³-hybridized carbons (Fsp3) is 0.211. The average Bonchev–Trinajstić information content (AvgIpc) is 3.12. The number of hydrogen-bond donors (Lipinski definition) is 2. The van der Waals surface area contributed by atoms with Crippen molar-refractivity contribution in [1.82, 2.24) is 9.61 Å². The van der Waals surface area contributed by atoms with Gasteiger partial charge in [0.05, 0.1) is 24.3 Å². The van der Waals surface area contributed by atoms with E-state index in [1.807, 2.05) is 39.0 Å². The second-order valence-corrected chi connectivity index (χ2v) is 6.41. The summed E-state index contributed by atoms with van der Waals surface area (Å²) in [7, 11) is 1.51. The summed E-state index contributed by atoms with van der Waals surface area (Å²) in [6.07, 6.45) is 3.31. The molecule has 2 aromatic heterocycles. The van der Waals surface area contributed by atoms with Gasteiger partial charge in [0.2, 0.25) is 0 Å². The average molecular weight is 444 g/mol. The molecule has 1 aromatic carbocycles. The zero-order chi connectivity index (χ0) is 20.7. The van der Waals surface area contributed by atoms with Crippen LogP contribution in [0.3, 0.4) is 0 Å². The van der Waals surface area contributed by atoms with E-state index in [0.717, 1.165) is 10.0 Å². The Labute approximate surface area is 171 Å². The third-order valence-corrected chi connectivity index (χ3v) is 4.24. The Morgan fingerprint density at radius 1 is 1.25 bits per heavy atom. The molecule has 3 rings (SSSR count). The Morgan fingerprint density at radius 2 is 2.00 bits per heavy atom. The molecular formula is C19H22BrN7O. The number of carbonyl (C=O) groups excluding carboxylic acids is 1. The Morgan fingerprint density at radius 3 is 2.71 bits per heavy atom. The number of hydrogen-bond acceptors (Lipinski definition) is 4. The van der Waals surface area contributed by atoms with E-state index in [-0.39, 0.29) is 11.7 Å². The van der Waals surface area contributed by atoms with E-state index in [2.05, 4.69) is 41.8 Å². The molecule has 3 N–H and O–H groups in total. The molecule has 0 radical (unpaired) electrons. The molecule has 3 aromatic rings. The maximum atomic E-state index is 12.7. The van der Waals surface area contributed by atoms with Crippen molar-refractivity contribution in [1.29, 1.82) is 0 Å². The lowest BCUT2D eigenvalue weighted by Crippen LogP contribution is -2.16. The Balaban J connectivity index is 0.00000136. The number of anilines is 1. The molecule has 0 atom stereocenters. The third kappa shape index (κ3) is 4.80. The number of nitrogens with one attached hydrogen (secondary N) is 1. The van der Waals surface area contributed by atoms with Gasteiger partial charge < -0.3 is 11.1 Å². The summed E-state index contributed by atoms with van der Waals surface area (Å²) in [5, 5.41) is 17.9. The number of aryl methyl sites for hydroxylation is 1. The molecule has 2 heterocycles. The predicted octanol–water partition coefficient (Wildman–Crippen LogP) is 4.39. The molecule has 0 saturated carbocycles. The third-order valence-electron chi connectivity index (χ3n) is 3.75. The summed E-state index contributed by atoms with van der Waals surface area (Å²) < 4.78 is 2.51. The molecule has 0 spiro atoms. The molecule has 1 amide bonds. The van der Waals surface area contributed by atoms with E-state index in [0.29, 0.717) is 22.3 Å². The van der Waals surface area contributed by atoms with E-state index in [1.165, 1.54) is 13.2 Å². The van der Waals surface area contributed by atoms with Crippen LogP contribution in [0, 0.1) is 6.92 Å². The van der Waals surface area contributed by atoms with Crippen LogP contribution in [0.1, 0.15) is 35.3 Å². The van der Waals surface area contributed by atoms with Crippen molar-refractivity contribution < 1.29 is 4.79 Å². The molecule has 9 heteroatoms. The first-order chi connectivity index (χ1) is 13.5. The quantitative estimate of drug-likeness (QED) is 0.270. The number of aromatic nitrogens is 2. The monoisotopic (exact) mass is 443 g/mol. The largest absolute Gasteiger partial charge is 0.382 e. The van der Waals surface area contributed by atoms with Gasteiger partial charge in [0.15, 0.2) is 5.84 Å². The maximum absolute atomic E-state index is 12.7. The normalized spacial score (nSPS) is 11.4. The van der Waals surface area contributed by atoms with E-state index >= 15 is 0 Å². The Bertz CT molecular complexity index is 1040. The van der Waals surface area contributed by atoms with Crippen LogP contribution in [0.15, 0.2) is 62.6 Å². The summed E-state index contributed by atoms with van der Waals surface area (Å²) in [5.74, 6) is -0.0480. The van der Waals surface area contributed by atoms with Gasteiger partial charge in [-0.05, 0) is 35.9 Å². The number of amides is 1. The molecule has 0 fully saturated rings. The minimum atomic E-state index is -0.262. The number of halogens is 1. The molecule has 0 aliphatic carbocycles. The number of fused-ring (bicyclic) bond motifs is 1. The van der Waals surface area contributed by atoms with Gasteiger partial charge in [-0.3, -0.25) is 4.79 Å². The molecule has 146 valence electrons. The van der Waals surface area contributed by atoms with Gasteiger partial charge in [-0.2, -0.15) is 10.2 Å². The molecule has 8 nitrogen and oxygen atoms in total. The van der Waals surface area contributed by atoms with E-state index in [9.17, 15) is 4.79 Å². The van der Waals surface area contributed by atoms with Gasteiger partial charge in [-0.25, -0.2) is 4.52 Å². The predicted molar refractivity (Wildman–Crippen MR) is 115 cm³/mol. The highest BCUT2D eigenvalue weighted by Crippen LogP contribution is 2.21. The SMILES string of the molecule is CC.CN=N/N=C(\N)c1ccc(C)c(NC(=O)c2cnn3ccc(Br)cc23)c1. The number of pyridine rings is 1. The lowest BCUT2D eigenvalue weighted by molar-refractivity contribution is 0.102. The fourth-order valence-corrected chi connectivity index (χ4v) is 2.72. The van der Waals surface area contributed by atoms with Crippen LogP contribution in [0.2, 0.25) is 0 Å². The van der Waals surface area contributed by atoms with Gasteiger partial charge in [0.25, 0.3) is 5.91 Å². The highest BCUT2D eigenvalue weighted by molar-refractivity contribution is 9.10. The van der Waals surface area contributed by atoms with Crippen LogP contribution >= 0.6 is 15.9 Å². The van der Waals surface area contributed by atoms with Crippen LogP contribution in [0.25, 0.3) is 5.52 Å². The number of rotatable bonds is 4. The van der Waals surface area contributed by atoms with Crippen molar-refractivity contribution in [3.8, 4) is 0 Å². The first-order valence-electron chi connectivity index (χ1n) is 8.67. The molecule has 28 heavy (non-hydrogen) atoms. The van der Waals surface area contributed by atoms with E-state index in [1.54, 1.807) is 22.8 Å². The Hall–Kier alpha value is -3.07. The summed E-state index contributed by atoms with van der Waals surface area (Å²) in [5.41, 5.74) is 9.22. The van der Waals surface area contributed by atoms with E-state index < -0.39 is 0 Å². The lowest BCUT2D eigenvalue weighted by atomic mass is 10.1. The van der Waals surface area contributed by atoms with Crippen molar-refractivity contribution in [2.75, 3.05) is 12.4 Å². The second-order valence-electron chi connectivity index (χ2n) is 5.49. The molecule has 0 saturated heterocycles. The molecule has 0 aliphatic rings. The molecular weight excluding hydrogens is 422 g/mol. The Kier molecular flexibility index (Phi) is 7.39. The zero-order valence-corrected chi connectivity index (χ0v) is 17.7. The van der Waals surface area contributed by atoms with Gasteiger partial charge in [-0.1, -0.05) is 41.9 Å². The molecule has 0 aliphatic heterocycles. The summed E-state index contributed by atoms with van der Waals surface area (Å²) in [4.78, 5) is 12.7.